The quantitative estimate of drug-likeness (QED) is 0.212. The maximum absolute atomic E-state index is 13.3. The van der Waals surface area contributed by atoms with Gasteiger partial charge in [-0.3, -0.25) is 0 Å². The lowest BCUT2D eigenvalue weighted by atomic mass is 9.96. The van der Waals surface area contributed by atoms with Gasteiger partial charge in [0.2, 0.25) is 5.89 Å². The smallest absolute Gasteiger partial charge is 0.416 e. The Morgan fingerprint density at radius 2 is 1.00 bits per heavy atom. The molecular weight excluding hydrogens is 516 g/mol. The van der Waals surface area contributed by atoms with Gasteiger partial charge in [0, 0.05) is 5.56 Å². The molecule has 0 radical (unpaired) electrons. The largest absolute Gasteiger partial charge is 0.436 e. The highest BCUT2D eigenvalue weighted by Gasteiger charge is 2.37. The minimum atomic E-state index is -4.90. The molecule has 0 atom stereocenters. The average Bonchev–Trinajstić information content (AvgIpc) is 3.36. The molecule has 0 amide bonds. The number of oxazole rings is 1. The third kappa shape index (κ3) is 4.85. The number of benzene rings is 5. The van der Waals surface area contributed by atoms with Crippen LogP contribution in [0.1, 0.15) is 11.1 Å². The van der Waals surface area contributed by atoms with E-state index in [-0.39, 0.29) is 17.2 Å². The van der Waals surface area contributed by atoms with Gasteiger partial charge in [-0.05, 0) is 81.6 Å². The number of para-hydroxylation sites is 2. The summed E-state index contributed by atoms with van der Waals surface area (Å²) in [5.74, 6) is 0.515. The maximum atomic E-state index is 13.3. The minimum absolute atomic E-state index is 0.128. The first-order valence-corrected chi connectivity index (χ1v) is 11.8. The summed E-state index contributed by atoms with van der Waals surface area (Å²) >= 11 is 0. The van der Waals surface area contributed by atoms with Crippen molar-refractivity contribution in [3.05, 3.63) is 114 Å². The van der Waals surface area contributed by atoms with E-state index < -0.39 is 23.5 Å². The summed E-state index contributed by atoms with van der Waals surface area (Å²) in [6.45, 7) is 0. The maximum Gasteiger partial charge on any atom is 0.416 e. The van der Waals surface area contributed by atoms with Crippen LogP contribution < -0.4 is 0 Å². The van der Waals surface area contributed by atoms with Crippen LogP contribution in [0.15, 0.2) is 108 Å². The monoisotopic (exact) mass is 533 g/mol. The van der Waals surface area contributed by atoms with Gasteiger partial charge in [0.25, 0.3) is 0 Å². The molecular formula is C31H17F6NO. The molecule has 8 heteroatoms. The van der Waals surface area contributed by atoms with E-state index in [9.17, 15) is 26.3 Å². The van der Waals surface area contributed by atoms with Gasteiger partial charge >= 0.3 is 12.4 Å². The summed E-state index contributed by atoms with van der Waals surface area (Å²) in [6, 6.07) is 27.1. The fourth-order valence-electron chi connectivity index (χ4n) is 4.53. The number of hydrogen-bond acceptors (Lipinski definition) is 2. The second-order valence-corrected chi connectivity index (χ2v) is 9.14. The molecule has 1 heterocycles. The number of alkyl halides is 6. The van der Waals surface area contributed by atoms with Crippen molar-refractivity contribution in [2.24, 2.45) is 0 Å². The molecule has 2 nitrogen and oxygen atoms in total. The zero-order valence-electron chi connectivity index (χ0n) is 19.9. The number of halogens is 6. The Morgan fingerprint density at radius 1 is 0.487 bits per heavy atom. The van der Waals surface area contributed by atoms with E-state index in [1.54, 1.807) is 12.1 Å². The van der Waals surface area contributed by atoms with E-state index in [4.69, 9.17) is 4.42 Å². The van der Waals surface area contributed by atoms with Crippen LogP contribution in [-0.4, -0.2) is 4.98 Å². The van der Waals surface area contributed by atoms with Crippen LogP contribution in [-0.2, 0) is 12.4 Å². The van der Waals surface area contributed by atoms with Gasteiger partial charge in [0.1, 0.15) is 5.52 Å². The summed E-state index contributed by atoms with van der Waals surface area (Å²) in [7, 11) is 0. The van der Waals surface area contributed by atoms with E-state index in [1.165, 1.54) is 12.1 Å². The van der Waals surface area contributed by atoms with Gasteiger partial charge in [0.05, 0.1) is 11.1 Å². The molecule has 0 aliphatic rings. The van der Waals surface area contributed by atoms with E-state index in [0.29, 0.717) is 11.5 Å². The summed E-state index contributed by atoms with van der Waals surface area (Å²) < 4.78 is 85.4. The fraction of sp³-hybridized carbons (Fsp3) is 0.0645. The highest BCUT2D eigenvalue weighted by Crippen LogP contribution is 2.39. The molecule has 6 rings (SSSR count). The van der Waals surface area contributed by atoms with Gasteiger partial charge in [-0.25, -0.2) is 4.98 Å². The molecule has 1 aromatic heterocycles. The van der Waals surface area contributed by atoms with E-state index in [1.807, 2.05) is 60.7 Å². The lowest BCUT2D eigenvalue weighted by Crippen LogP contribution is -2.11. The van der Waals surface area contributed by atoms with Gasteiger partial charge in [0.15, 0.2) is 5.58 Å². The van der Waals surface area contributed by atoms with Crippen LogP contribution in [0.5, 0.6) is 0 Å². The fourth-order valence-corrected chi connectivity index (χ4v) is 4.53. The lowest BCUT2D eigenvalue weighted by molar-refractivity contribution is -0.143. The lowest BCUT2D eigenvalue weighted by Gasteiger charge is -2.14. The molecule has 0 N–H and O–H groups in total. The van der Waals surface area contributed by atoms with Crippen LogP contribution in [0.2, 0.25) is 0 Å². The Balaban J connectivity index is 1.31. The van der Waals surface area contributed by atoms with Crippen molar-refractivity contribution >= 4 is 21.9 Å². The van der Waals surface area contributed by atoms with Crippen LogP contribution in [0.4, 0.5) is 26.3 Å². The van der Waals surface area contributed by atoms with E-state index in [0.717, 1.165) is 45.1 Å². The van der Waals surface area contributed by atoms with Crippen molar-refractivity contribution in [3.8, 4) is 33.7 Å². The van der Waals surface area contributed by atoms with Crippen molar-refractivity contribution in [2.75, 3.05) is 0 Å². The number of fused-ring (bicyclic) bond motifs is 2. The number of aromatic nitrogens is 1. The number of rotatable bonds is 3. The highest BCUT2D eigenvalue weighted by molar-refractivity contribution is 5.91. The summed E-state index contributed by atoms with van der Waals surface area (Å²) in [4.78, 5) is 4.53. The Bertz CT molecular complexity index is 1770. The van der Waals surface area contributed by atoms with Crippen LogP contribution >= 0.6 is 0 Å². The third-order valence-corrected chi connectivity index (χ3v) is 6.52. The summed E-state index contributed by atoms with van der Waals surface area (Å²) in [5.41, 5.74) is 1.32. The van der Waals surface area contributed by atoms with E-state index in [2.05, 4.69) is 4.98 Å². The molecule has 0 spiro atoms. The zero-order chi connectivity index (χ0) is 27.4. The average molecular weight is 533 g/mol. The molecule has 0 fully saturated rings. The molecule has 39 heavy (non-hydrogen) atoms. The Morgan fingerprint density at radius 3 is 1.59 bits per heavy atom. The standard InChI is InChI=1S/C31H17F6NO/c32-30(33,34)25-15-24(16-26(17-25)31(35,36)37)19-7-5-18(6-8-19)20-9-10-22-14-23(12-11-21(22)13-20)29-38-27-3-1-2-4-28(27)39-29/h1-17H. The normalized spacial score (nSPS) is 12.4. The Kier molecular flexibility index (Phi) is 5.71. The summed E-state index contributed by atoms with van der Waals surface area (Å²) in [6.07, 6.45) is -9.80. The van der Waals surface area contributed by atoms with Crippen LogP contribution in [0.25, 0.3) is 55.6 Å². The van der Waals surface area contributed by atoms with Gasteiger partial charge in [-0.1, -0.05) is 54.6 Å². The highest BCUT2D eigenvalue weighted by atomic mass is 19.4. The molecule has 0 unspecified atom stereocenters. The molecule has 0 saturated carbocycles. The second kappa shape index (κ2) is 9.01. The third-order valence-electron chi connectivity index (χ3n) is 6.52. The topological polar surface area (TPSA) is 26.0 Å². The number of hydrogen-bond donors (Lipinski definition) is 0. The van der Waals surface area contributed by atoms with Gasteiger partial charge < -0.3 is 4.42 Å². The van der Waals surface area contributed by atoms with Crippen molar-refractivity contribution < 1.29 is 30.8 Å². The van der Waals surface area contributed by atoms with Crippen molar-refractivity contribution in [1.82, 2.24) is 4.98 Å². The molecule has 0 bridgehead atoms. The van der Waals surface area contributed by atoms with Crippen molar-refractivity contribution in [1.29, 1.82) is 0 Å². The molecule has 6 aromatic rings. The molecule has 194 valence electrons. The first-order chi connectivity index (χ1) is 18.5. The molecule has 5 aromatic carbocycles. The Hall–Kier alpha value is -4.59. The first-order valence-electron chi connectivity index (χ1n) is 11.8. The van der Waals surface area contributed by atoms with Crippen LogP contribution in [0, 0.1) is 0 Å². The SMILES string of the molecule is FC(F)(F)c1cc(-c2ccc(-c3ccc4cc(-c5nc6ccccc6o5)ccc4c3)cc2)cc(C(F)(F)F)c1. The molecule has 0 aliphatic carbocycles. The Labute approximate surface area is 218 Å². The van der Waals surface area contributed by atoms with E-state index >= 15 is 0 Å². The predicted octanol–water partition coefficient (Wildman–Crippen LogP) is 10.0. The molecule has 0 saturated heterocycles. The number of nitrogens with zero attached hydrogens (tertiary/aromatic N) is 1. The van der Waals surface area contributed by atoms with Gasteiger partial charge in [-0.15, -0.1) is 0 Å². The first kappa shape index (κ1) is 24.7. The predicted molar refractivity (Wildman–Crippen MR) is 138 cm³/mol. The van der Waals surface area contributed by atoms with Crippen molar-refractivity contribution in [2.45, 2.75) is 12.4 Å². The minimum Gasteiger partial charge on any atom is -0.436 e. The van der Waals surface area contributed by atoms with Crippen molar-refractivity contribution in [3.63, 3.8) is 0 Å². The zero-order valence-corrected chi connectivity index (χ0v) is 19.9. The molecule has 0 aliphatic heterocycles. The van der Waals surface area contributed by atoms with Crippen LogP contribution in [0.3, 0.4) is 0 Å². The van der Waals surface area contributed by atoms with Gasteiger partial charge in [-0.2, -0.15) is 26.3 Å². The second-order valence-electron chi connectivity index (χ2n) is 9.14. The summed E-state index contributed by atoms with van der Waals surface area (Å²) in [5, 5.41) is 1.91.